The Morgan fingerprint density at radius 3 is 2.46 bits per heavy atom. The van der Waals surface area contributed by atoms with E-state index in [-0.39, 0.29) is 6.10 Å². The fourth-order valence-electron chi connectivity index (χ4n) is 2.05. The molecular formula is C18H20N2O4. The summed E-state index contributed by atoms with van der Waals surface area (Å²) in [6, 6.07) is 13.2. The van der Waals surface area contributed by atoms with Crippen LogP contribution in [0.1, 0.15) is 24.2 Å². The number of carbonyl (C=O) groups excluding carboxylic acids is 2. The van der Waals surface area contributed by atoms with E-state index < -0.39 is 12.0 Å². The first kappa shape index (κ1) is 17.3. The zero-order valence-electron chi connectivity index (χ0n) is 13.8. The highest BCUT2D eigenvalue weighted by atomic mass is 16.5. The average molecular weight is 328 g/mol. The highest BCUT2D eigenvalue weighted by molar-refractivity contribution is 6.01. The molecule has 0 saturated heterocycles. The van der Waals surface area contributed by atoms with Gasteiger partial charge in [0.05, 0.1) is 24.5 Å². The van der Waals surface area contributed by atoms with E-state index in [1.165, 1.54) is 7.11 Å². The second-order valence-corrected chi connectivity index (χ2v) is 5.31. The smallest absolute Gasteiger partial charge is 0.337 e. The summed E-state index contributed by atoms with van der Waals surface area (Å²) in [6.07, 6.45) is -0.00671. The van der Waals surface area contributed by atoms with Crippen LogP contribution in [-0.4, -0.2) is 25.2 Å². The Kier molecular flexibility index (Phi) is 5.78. The molecule has 2 N–H and O–H groups in total. The van der Waals surface area contributed by atoms with Crippen molar-refractivity contribution in [3.05, 3.63) is 54.1 Å². The molecule has 126 valence electrons. The molecule has 6 heteroatoms. The number of hydrogen-bond acceptors (Lipinski definition) is 4. The minimum Gasteiger partial charge on any atom is -0.489 e. The summed E-state index contributed by atoms with van der Waals surface area (Å²) in [5.74, 6) is 0.126. The van der Waals surface area contributed by atoms with Crippen LogP contribution >= 0.6 is 0 Å². The largest absolute Gasteiger partial charge is 0.489 e. The first-order chi connectivity index (χ1) is 11.5. The van der Waals surface area contributed by atoms with E-state index >= 15 is 0 Å². The number of carbonyl (C=O) groups is 2. The Morgan fingerprint density at radius 2 is 1.75 bits per heavy atom. The van der Waals surface area contributed by atoms with Crippen molar-refractivity contribution in [1.29, 1.82) is 0 Å². The fourth-order valence-corrected chi connectivity index (χ4v) is 2.05. The molecule has 6 nitrogen and oxygen atoms in total. The summed E-state index contributed by atoms with van der Waals surface area (Å²) in [5, 5.41) is 5.41. The predicted octanol–water partition coefficient (Wildman–Crippen LogP) is 3.90. The lowest BCUT2D eigenvalue weighted by Gasteiger charge is -2.15. The molecule has 0 bridgehead atoms. The Morgan fingerprint density at radius 1 is 1.00 bits per heavy atom. The second kappa shape index (κ2) is 8.01. The lowest BCUT2D eigenvalue weighted by molar-refractivity contribution is 0.0600. The van der Waals surface area contributed by atoms with Gasteiger partial charge in [0.1, 0.15) is 5.75 Å². The van der Waals surface area contributed by atoms with E-state index in [0.29, 0.717) is 22.7 Å². The highest BCUT2D eigenvalue weighted by Gasteiger charge is 2.10. The van der Waals surface area contributed by atoms with Gasteiger partial charge in [-0.1, -0.05) is 18.2 Å². The lowest BCUT2D eigenvalue weighted by atomic mass is 10.2. The Bertz CT molecular complexity index is 728. The van der Waals surface area contributed by atoms with Gasteiger partial charge in [-0.2, -0.15) is 0 Å². The maximum absolute atomic E-state index is 12.2. The van der Waals surface area contributed by atoms with Crippen LogP contribution in [0.15, 0.2) is 48.5 Å². The summed E-state index contributed by atoms with van der Waals surface area (Å²) in [6.45, 7) is 3.82. The van der Waals surface area contributed by atoms with Gasteiger partial charge in [-0.25, -0.2) is 9.59 Å². The molecule has 0 aliphatic heterocycles. The summed E-state index contributed by atoms with van der Waals surface area (Å²) < 4.78 is 10.3. The van der Waals surface area contributed by atoms with Crippen molar-refractivity contribution in [3.8, 4) is 5.75 Å². The monoisotopic (exact) mass is 328 g/mol. The number of urea groups is 1. The summed E-state index contributed by atoms with van der Waals surface area (Å²) in [7, 11) is 1.31. The standard InChI is InChI=1S/C18H20N2O4/c1-12(2)24-16-10-5-4-9-15(16)20-18(22)19-14-8-6-7-13(11-14)17(21)23-3/h4-12H,1-3H3,(H2,19,20,22). The number of nitrogens with one attached hydrogen (secondary N) is 2. The zero-order valence-corrected chi connectivity index (χ0v) is 13.8. The van der Waals surface area contributed by atoms with Gasteiger partial charge < -0.3 is 20.1 Å². The van der Waals surface area contributed by atoms with Gasteiger partial charge in [0.15, 0.2) is 0 Å². The third-order valence-corrected chi connectivity index (χ3v) is 3.04. The predicted molar refractivity (Wildman–Crippen MR) is 92.6 cm³/mol. The minimum atomic E-state index is -0.463. The van der Waals surface area contributed by atoms with Gasteiger partial charge in [0, 0.05) is 5.69 Å². The molecule has 24 heavy (non-hydrogen) atoms. The number of amides is 2. The number of para-hydroxylation sites is 2. The molecule has 0 fully saturated rings. The van der Waals surface area contributed by atoms with Crippen LogP contribution in [0.25, 0.3) is 0 Å². The fraction of sp³-hybridized carbons (Fsp3) is 0.222. The van der Waals surface area contributed by atoms with Crippen molar-refractivity contribution in [2.75, 3.05) is 17.7 Å². The van der Waals surface area contributed by atoms with Crippen LogP contribution in [0.3, 0.4) is 0 Å². The van der Waals surface area contributed by atoms with Gasteiger partial charge in [0.2, 0.25) is 0 Å². The van der Waals surface area contributed by atoms with E-state index in [9.17, 15) is 9.59 Å². The van der Waals surface area contributed by atoms with Crippen molar-refractivity contribution in [1.82, 2.24) is 0 Å². The number of anilines is 2. The third-order valence-electron chi connectivity index (χ3n) is 3.04. The number of esters is 1. The summed E-state index contributed by atoms with van der Waals surface area (Å²) in [4.78, 5) is 23.7. The molecule has 2 rings (SSSR count). The third kappa shape index (κ3) is 4.74. The topological polar surface area (TPSA) is 76.7 Å². The molecule has 2 aromatic carbocycles. The number of benzene rings is 2. The van der Waals surface area contributed by atoms with Gasteiger partial charge in [-0.15, -0.1) is 0 Å². The van der Waals surface area contributed by atoms with Crippen molar-refractivity contribution in [2.45, 2.75) is 20.0 Å². The van der Waals surface area contributed by atoms with Crippen molar-refractivity contribution >= 4 is 23.4 Å². The quantitative estimate of drug-likeness (QED) is 0.816. The molecular weight excluding hydrogens is 308 g/mol. The molecule has 0 saturated carbocycles. The number of rotatable bonds is 5. The van der Waals surface area contributed by atoms with E-state index in [0.717, 1.165) is 0 Å². The highest BCUT2D eigenvalue weighted by Crippen LogP contribution is 2.25. The first-order valence-corrected chi connectivity index (χ1v) is 7.51. The Balaban J connectivity index is 2.08. The minimum absolute atomic E-state index is 0.00671. The van der Waals surface area contributed by atoms with Crippen LogP contribution in [0.2, 0.25) is 0 Å². The molecule has 0 atom stereocenters. The van der Waals surface area contributed by atoms with Gasteiger partial charge in [-0.3, -0.25) is 0 Å². The molecule has 0 aromatic heterocycles. The number of hydrogen-bond donors (Lipinski definition) is 2. The molecule has 2 amide bonds. The summed E-state index contributed by atoms with van der Waals surface area (Å²) in [5.41, 5.74) is 1.41. The molecule has 0 heterocycles. The average Bonchev–Trinajstić information content (AvgIpc) is 2.55. The molecule has 0 aliphatic carbocycles. The van der Waals surface area contributed by atoms with Crippen LogP contribution in [0.4, 0.5) is 16.2 Å². The Hall–Kier alpha value is -3.02. The normalized spacial score (nSPS) is 10.2. The van der Waals surface area contributed by atoms with E-state index in [1.807, 2.05) is 19.9 Å². The molecule has 2 aromatic rings. The molecule has 0 spiro atoms. The maximum Gasteiger partial charge on any atom is 0.337 e. The Labute approximate surface area is 140 Å². The van der Waals surface area contributed by atoms with Crippen LogP contribution in [0, 0.1) is 0 Å². The summed E-state index contributed by atoms with van der Waals surface area (Å²) >= 11 is 0. The first-order valence-electron chi connectivity index (χ1n) is 7.51. The van der Waals surface area contributed by atoms with Gasteiger partial charge in [0.25, 0.3) is 0 Å². The second-order valence-electron chi connectivity index (χ2n) is 5.31. The van der Waals surface area contributed by atoms with E-state index in [4.69, 9.17) is 4.74 Å². The maximum atomic E-state index is 12.2. The van der Waals surface area contributed by atoms with Crippen LogP contribution < -0.4 is 15.4 Å². The van der Waals surface area contributed by atoms with Gasteiger partial charge in [-0.05, 0) is 44.2 Å². The zero-order chi connectivity index (χ0) is 17.5. The SMILES string of the molecule is COC(=O)c1cccc(NC(=O)Nc2ccccc2OC(C)C)c1. The van der Waals surface area contributed by atoms with Crippen LogP contribution in [0.5, 0.6) is 5.75 Å². The van der Waals surface area contributed by atoms with E-state index in [2.05, 4.69) is 15.4 Å². The van der Waals surface area contributed by atoms with Crippen molar-refractivity contribution in [2.24, 2.45) is 0 Å². The van der Waals surface area contributed by atoms with E-state index in [1.54, 1.807) is 42.5 Å². The molecule has 0 unspecified atom stereocenters. The number of ether oxygens (including phenoxy) is 2. The lowest BCUT2D eigenvalue weighted by Crippen LogP contribution is -2.20. The van der Waals surface area contributed by atoms with Crippen LogP contribution in [-0.2, 0) is 4.74 Å². The van der Waals surface area contributed by atoms with Crippen molar-refractivity contribution in [3.63, 3.8) is 0 Å². The number of methoxy groups -OCH3 is 1. The molecule has 0 radical (unpaired) electrons. The van der Waals surface area contributed by atoms with Crippen molar-refractivity contribution < 1.29 is 19.1 Å². The molecule has 0 aliphatic rings. The van der Waals surface area contributed by atoms with Gasteiger partial charge >= 0.3 is 12.0 Å².